The summed E-state index contributed by atoms with van der Waals surface area (Å²) in [6.07, 6.45) is -3.57. The summed E-state index contributed by atoms with van der Waals surface area (Å²) in [6, 6.07) is 0. The van der Waals surface area contributed by atoms with Crippen molar-refractivity contribution < 1.29 is 18.0 Å². The summed E-state index contributed by atoms with van der Waals surface area (Å²) in [6.45, 7) is 4.15. The molecular weight excluding hydrogens is 303 g/mol. The fourth-order valence-electron chi connectivity index (χ4n) is 2.35. The molecule has 0 radical (unpaired) electrons. The number of thiazole rings is 1. The summed E-state index contributed by atoms with van der Waals surface area (Å²) >= 11 is 1.37. The highest BCUT2D eigenvalue weighted by atomic mass is 32.1. The van der Waals surface area contributed by atoms with E-state index < -0.39 is 12.1 Å². The molecule has 118 valence electrons. The Bertz CT molecular complexity index is 496. The lowest BCUT2D eigenvalue weighted by molar-refractivity contribution is -0.186. The van der Waals surface area contributed by atoms with Crippen LogP contribution < -0.4 is 5.32 Å². The van der Waals surface area contributed by atoms with Crippen molar-refractivity contribution in [3.8, 4) is 0 Å². The van der Waals surface area contributed by atoms with Gasteiger partial charge in [-0.3, -0.25) is 9.69 Å². The number of hydrogen-bond donors (Lipinski definition) is 1. The minimum Gasteiger partial charge on any atom is -0.301 e. The Morgan fingerprint density at radius 2 is 2.19 bits per heavy atom. The molecule has 1 aliphatic rings. The van der Waals surface area contributed by atoms with E-state index in [4.69, 9.17) is 0 Å². The van der Waals surface area contributed by atoms with Crippen LogP contribution in [0, 0.1) is 19.8 Å². The molecule has 8 heteroatoms. The lowest BCUT2D eigenvalue weighted by Crippen LogP contribution is -2.44. The second kappa shape index (κ2) is 6.31. The normalized spacial score (nSPS) is 20.5. The summed E-state index contributed by atoms with van der Waals surface area (Å²) in [5, 5.41) is 3.15. The van der Waals surface area contributed by atoms with Gasteiger partial charge < -0.3 is 5.32 Å². The van der Waals surface area contributed by atoms with Gasteiger partial charge in [0.15, 0.2) is 5.13 Å². The molecule has 2 rings (SSSR count). The highest BCUT2D eigenvalue weighted by Gasteiger charge is 2.41. The van der Waals surface area contributed by atoms with Crippen molar-refractivity contribution in [1.82, 2.24) is 9.88 Å². The van der Waals surface area contributed by atoms with Crippen LogP contribution in [0.25, 0.3) is 0 Å². The van der Waals surface area contributed by atoms with Gasteiger partial charge in [0.2, 0.25) is 5.91 Å². The third-order valence-corrected chi connectivity index (χ3v) is 4.60. The number of piperidine rings is 1. The maximum absolute atomic E-state index is 12.7. The molecule has 1 fully saturated rings. The number of amides is 1. The van der Waals surface area contributed by atoms with E-state index in [1.807, 2.05) is 13.8 Å². The third kappa shape index (κ3) is 4.41. The minimum atomic E-state index is -4.18. The van der Waals surface area contributed by atoms with Crippen LogP contribution in [0.15, 0.2) is 0 Å². The van der Waals surface area contributed by atoms with E-state index in [-0.39, 0.29) is 25.4 Å². The van der Waals surface area contributed by atoms with E-state index in [1.165, 1.54) is 11.3 Å². The fraction of sp³-hybridized carbons (Fsp3) is 0.692. The number of nitrogens with zero attached hydrogens (tertiary/aromatic N) is 2. The maximum Gasteiger partial charge on any atom is 0.393 e. The molecule has 0 bridgehead atoms. The van der Waals surface area contributed by atoms with Crippen molar-refractivity contribution >= 4 is 22.4 Å². The lowest BCUT2D eigenvalue weighted by Gasteiger charge is -2.33. The quantitative estimate of drug-likeness (QED) is 0.931. The molecule has 0 aromatic carbocycles. The van der Waals surface area contributed by atoms with Crippen LogP contribution >= 0.6 is 11.3 Å². The number of likely N-dealkylation sites (tertiary alicyclic amines) is 1. The minimum absolute atomic E-state index is 0.0236. The van der Waals surface area contributed by atoms with Gasteiger partial charge in [-0.15, -0.1) is 11.3 Å². The Hall–Kier alpha value is -1.15. The number of rotatable bonds is 3. The van der Waals surface area contributed by atoms with Gasteiger partial charge >= 0.3 is 6.18 Å². The van der Waals surface area contributed by atoms with Gasteiger partial charge in [-0.25, -0.2) is 4.98 Å². The van der Waals surface area contributed by atoms with E-state index in [0.717, 1.165) is 10.6 Å². The molecule has 1 atom stereocenters. The molecule has 1 aromatic heterocycles. The molecule has 1 aromatic rings. The zero-order chi connectivity index (χ0) is 15.6. The number of halogens is 3. The number of carbonyl (C=O) groups is 1. The summed E-state index contributed by atoms with van der Waals surface area (Å²) in [5.41, 5.74) is 0.852. The molecule has 0 unspecified atom stereocenters. The molecule has 2 heterocycles. The highest BCUT2D eigenvalue weighted by molar-refractivity contribution is 7.15. The second-order valence-corrected chi connectivity index (χ2v) is 6.53. The Morgan fingerprint density at radius 1 is 1.48 bits per heavy atom. The smallest absolute Gasteiger partial charge is 0.301 e. The van der Waals surface area contributed by atoms with Crippen molar-refractivity contribution in [1.29, 1.82) is 0 Å². The fourth-order valence-corrected chi connectivity index (χ4v) is 3.19. The largest absolute Gasteiger partial charge is 0.393 e. The molecule has 1 aliphatic heterocycles. The van der Waals surface area contributed by atoms with Gasteiger partial charge in [-0.1, -0.05) is 0 Å². The predicted molar refractivity (Wildman–Crippen MR) is 75.4 cm³/mol. The summed E-state index contributed by atoms with van der Waals surface area (Å²) in [4.78, 5) is 18.6. The summed E-state index contributed by atoms with van der Waals surface area (Å²) < 4.78 is 38.1. The van der Waals surface area contributed by atoms with E-state index >= 15 is 0 Å². The SMILES string of the molecule is Cc1nc(NC(=O)CN2CCC[C@@H](C(F)(F)F)C2)sc1C. The van der Waals surface area contributed by atoms with E-state index in [9.17, 15) is 18.0 Å². The highest BCUT2D eigenvalue weighted by Crippen LogP contribution is 2.33. The van der Waals surface area contributed by atoms with Crippen LogP contribution in [-0.2, 0) is 4.79 Å². The molecular formula is C13H18F3N3OS. The number of aromatic nitrogens is 1. The summed E-state index contributed by atoms with van der Waals surface area (Å²) in [7, 11) is 0. The number of anilines is 1. The van der Waals surface area contributed by atoms with Crippen LogP contribution in [0.4, 0.5) is 18.3 Å². The van der Waals surface area contributed by atoms with Gasteiger partial charge in [0.25, 0.3) is 0 Å². The van der Waals surface area contributed by atoms with Crippen molar-refractivity contribution in [3.05, 3.63) is 10.6 Å². The Morgan fingerprint density at radius 3 is 2.76 bits per heavy atom. The predicted octanol–water partition coefficient (Wildman–Crippen LogP) is 2.97. The first kappa shape index (κ1) is 16.2. The van der Waals surface area contributed by atoms with Gasteiger partial charge in [-0.05, 0) is 33.2 Å². The summed E-state index contributed by atoms with van der Waals surface area (Å²) in [5.74, 6) is -1.64. The molecule has 1 N–H and O–H groups in total. The molecule has 0 spiro atoms. The van der Waals surface area contributed by atoms with Crippen LogP contribution in [0.2, 0.25) is 0 Å². The molecule has 21 heavy (non-hydrogen) atoms. The van der Waals surface area contributed by atoms with Crippen molar-refractivity contribution in [3.63, 3.8) is 0 Å². The molecule has 4 nitrogen and oxygen atoms in total. The van der Waals surface area contributed by atoms with Crippen molar-refractivity contribution in [2.45, 2.75) is 32.9 Å². The molecule has 1 amide bonds. The van der Waals surface area contributed by atoms with E-state index in [2.05, 4.69) is 10.3 Å². The maximum atomic E-state index is 12.7. The van der Waals surface area contributed by atoms with Crippen LogP contribution in [0.3, 0.4) is 0 Å². The first-order valence-corrected chi connectivity index (χ1v) is 7.60. The van der Waals surface area contributed by atoms with Gasteiger partial charge in [0, 0.05) is 11.4 Å². The number of hydrogen-bond acceptors (Lipinski definition) is 4. The van der Waals surface area contributed by atoms with Gasteiger partial charge in [0.1, 0.15) is 0 Å². The number of nitrogens with one attached hydrogen (secondary N) is 1. The Balaban J connectivity index is 1.87. The average molecular weight is 321 g/mol. The van der Waals surface area contributed by atoms with E-state index in [1.54, 1.807) is 4.90 Å². The first-order valence-electron chi connectivity index (χ1n) is 6.78. The number of alkyl halides is 3. The zero-order valence-electron chi connectivity index (χ0n) is 12.0. The molecule has 1 saturated heterocycles. The topological polar surface area (TPSA) is 45.2 Å². The van der Waals surface area contributed by atoms with Crippen LogP contribution in [-0.4, -0.2) is 41.6 Å². The standard InChI is InChI=1S/C13H18F3N3OS/c1-8-9(2)21-12(17-8)18-11(20)7-19-5-3-4-10(6-19)13(14,15)16/h10H,3-7H2,1-2H3,(H,17,18,20)/t10-/m1/s1. The average Bonchev–Trinajstić information content (AvgIpc) is 2.67. The van der Waals surface area contributed by atoms with Crippen molar-refractivity contribution in [2.75, 3.05) is 25.0 Å². The first-order chi connectivity index (χ1) is 9.75. The third-order valence-electron chi connectivity index (χ3n) is 3.61. The Labute approximate surface area is 125 Å². The van der Waals surface area contributed by atoms with Gasteiger partial charge in [-0.2, -0.15) is 13.2 Å². The molecule has 0 saturated carbocycles. The monoisotopic (exact) mass is 321 g/mol. The number of aryl methyl sites for hydroxylation is 2. The van der Waals surface area contributed by atoms with Crippen molar-refractivity contribution in [2.24, 2.45) is 5.92 Å². The lowest BCUT2D eigenvalue weighted by atomic mass is 9.97. The second-order valence-electron chi connectivity index (χ2n) is 5.32. The zero-order valence-corrected chi connectivity index (χ0v) is 12.8. The van der Waals surface area contributed by atoms with Crippen LogP contribution in [0.1, 0.15) is 23.4 Å². The molecule has 0 aliphatic carbocycles. The van der Waals surface area contributed by atoms with Crippen LogP contribution in [0.5, 0.6) is 0 Å². The van der Waals surface area contributed by atoms with Gasteiger partial charge in [0.05, 0.1) is 18.2 Å². The van der Waals surface area contributed by atoms with E-state index in [0.29, 0.717) is 18.1 Å². The Kier molecular flexibility index (Phi) is 4.88. The number of carbonyl (C=O) groups excluding carboxylic acids is 1.